The smallest absolute Gasteiger partial charge is 0.314 e. The lowest BCUT2D eigenvalue weighted by atomic mass is 10.0. The summed E-state index contributed by atoms with van der Waals surface area (Å²) in [6.07, 6.45) is 9.20. The molecule has 462 valence electrons. The Kier molecular flexibility index (Phi) is 26.0. The van der Waals surface area contributed by atoms with Crippen LogP contribution in [0.4, 0.5) is 9.59 Å². The topological polar surface area (TPSA) is 236 Å². The highest BCUT2D eigenvalue weighted by Crippen LogP contribution is 2.45. The number of carbonyl (C=O) groups excluding carboxylic acids is 2. The summed E-state index contributed by atoms with van der Waals surface area (Å²) in [4.78, 5) is 29.4. The SMILES string of the molecule is O=C(NCCCCNC(=O)NCCOCCOCCNS(=O)(=O)c1ccc(O[C@H]2c3cc(Cl)cc(Cl)c3C[C@@H]2N2CCCCC2)cc1)NCCOCCOCCNS(=O)(=O)c1ccc(O[C@H]2c3cc(Cl)cc(Cl)c3CC2N2CCCCC2)cc1. The number of hydrogen-bond donors (Lipinski definition) is 6. The van der Waals surface area contributed by atoms with Crippen molar-refractivity contribution in [1.29, 1.82) is 0 Å². The summed E-state index contributed by atoms with van der Waals surface area (Å²) in [5.41, 5.74) is 4.02. The lowest BCUT2D eigenvalue weighted by Crippen LogP contribution is -2.43. The Bertz CT molecular complexity index is 2780. The van der Waals surface area contributed by atoms with Crippen LogP contribution in [0.5, 0.6) is 11.5 Å². The van der Waals surface area contributed by atoms with E-state index in [1.165, 1.54) is 37.1 Å². The van der Waals surface area contributed by atoms with E-state index >= 15 is 0 Å². The zero-order valence-electron chi connectivity index (χ0n) is 47.2. The first-order valence-corrected chi connectivity index (χ1v) is 33.4. The van der Waals surface area contributed by atoms with Gasteiger partial charge in [-0.05, 0) is 161 Å². The zero-order valence-corrected chi connectivity index (χ0v) is 51.8. The fraction of sp³-hybridized carbons (Fsp3) is 0.552. The summed E-state index contributed by atoms with van der Waals surface area (Å²) in [5, 5.41) is 13.3. The summed E-state index contributed by atoms with van der Waals surface area (Å²) in [6.45, 7) is 7.34. The van der Waals surface area contributed by atoms with E-state index in [0.29, 0.717) is 57.5 Å². The molecule has 2 saturated heterocycles. The molecule has 6 N–H and O–H groups in total. The Labute approximate surface area is 514 Å². The van der Waals surface area contributed by atoms with Crippen LogP contribution in [-0.2, 0) is 51.8 Å². The molecule has 84 heavy (non-hydrogen) atoms. The Balaban J connectivity index is 0.576. The number of rotatable bonds is 33. The van der Waals surface area contributed by atoms with E-state index in [0.717, 1.165) is 87.0 Å². The zero-order chi connectivity index (χ0) is 59.3. The van der Waals surface area contributed by atoms with E-state index in [2.05, 4.69) is 40.5 Å². The van der Waals surface area contributed by atoms with Crippen molar-refractivity contribution >= 4 is 78.5 Å². The molecule has 2 fully saturated rings. The minimum absolute atomic E-state index is 0.0696. The number of benzene rings is 4. The van der Waals surface area contributed by atoms with Gasteiger partial charge in [0.05, 0.1) is 74.7 Å². The van der Waals surface area contributed by atoms with Crippen LogP contribution < -0.4 is 40.2 Å². The maximum atomic E-state index is 13.0. The second kappa shape index (κ2) is 33.2. The van der Waals surface area contributed by atoms with Crippen LogP contribution in [0.2, 0.25) is 20.1 Å². The molecule has 2 aliphatic heterocycles. The average molecular weight is 1290 g/mol. The third-order valence-corrected chi connectivity index (χ3v) is 19.2. The molecule has 0 radical (unpaired) electrons. The van der Waals surface area contributed by atoms with Gasteiger partial charge in [-0.3, -0.25) is 9.80 Å². The monoisotopic (exact) mass is 1280 g/mol. The summed E-state index contributed by atoms with van der Waals surface area (Å²) in [5.74, 6) is 1.10. The molecule has 0 aromatic heterocycles. The molecule has 8 rings (SSSR count). The highest BCUT2D eigenvalue weighted by molar-refractivity contribution is 7.89. The van der Waals surface area contributed by atoms with Crippen LogP contribution in [-0.4, -0.2) is 169 Å². The number of unbranched alkanes of at least 4 members (excludes halogenated alkanes) is 1. The Hall–Kier alpha value is -4.24. The number of sulfonamides is 2. The van der Waals surface area contributed by atoms with Crippen LogP contribution in [0.3, 0.4) is 0 Å². The lowest BCUT2D eigenvalue weighted by molar-refractivity contribution is 0.0516. The van der Waals surface area contributed by atoms with Gasteiger partial charge in [-0.25, -0.2) is 35.9 Å². The van der Waals surface area contributed by atoms with Crippen molar-refractivity contribution in [3.8, 4) is 11.5 Å². The Morgan fingerprint density at radius 2 is 0.798 bits per heavy atom. The highest BCUT2D eigenvalue weighted by Gasteiger charge is 2.41. The summed E-state index contributed by atoms with van der Waals surface area (Å²) < 4.78 is 92.4. The molecule has 4 amide bonds. The van der Waals surface area contributed by atoms with Crippen LogP contribution >= 0.6 is 46.4 Å². The number of hydrogen-bond acceptors (Lipinski definition) is 14. The first kappa shape index (κ1) is 65.7. The minimum Gasteiger partial charge on any atom is -0.484 e. The van der Waals surface area contributed by atoms with Gasteiger partial charge in [0.25, 0.3) is 0 Å². The number of ether oxygens (including phenoxy) is 6. The fourth-order valence-corrected chi connectivity index (χ4v) is 14.1. The van der Waals surface area contributed by atoms with Gasteiger partial charge in [-0.1, -0.05) is 59.2 Å². The number of fused-ring (bicyclic) bond motifs is 2. The number of nitrogens with zero attached hydrogens (tertiary/aromatic N) is 2. The second-order valence-corrected chi connectivity index (χ2v) is 26.2. The summed E-state index contributed by atoms with van der Waals surface area (Å²) >= 11 is 26.1. The average Bonchev–Trinajstić information content (AvgIpc) is 2.59. The first-order valence-electron chi connectivity index (χ1n) is 29.0. The number of carbonyl (C=O) groups is 2. The van der Waals surface area contributed by atoms with E-state index in [-0.39, 0.29) is 125 Å². The molecule has 0 spiro atoms. The van der Waals surface area contributed by atoms with E-state index in [1.54, 1.807) is 36.4 Å². The van der Waals surface area contributed by atoms with Gasteiger partial charge < -0.3 is 49.7 Å². The van der Waals surface area contributed by atoms with Crippen LogP contribution in [0.1, 0.15) is 85.8 Å². The molecule has 4 aromatic rings. The largest absolute Gasteiger partial charge is 0.484 e. The third kappa shape index (κ3) is 19.6. The minimum atomic E-state index is -3.79. The van der Waals surface area contributed by atoms with Crippen molar-refractivity contribution in [1.82, 2.24) is 40.5 Å². The third-order valence-electron chi connectivity index (χ3n) is 15.1. The van der Waals surface area contributed by atoms with E-state index in [1.807, 2.05) is 12.1 Å². The van der Waals surface area contributed by atoms with Gasteiger partial charge in [0.1, 0.15) is 23.7 Å². The first-order chi connectivity index (χ1) is 40.6. The number of amides is 4. The molecule has 4 aliphatic rings. The predicted octanol–water partition coefficient (Wildman–Crippen LogP) is 8.06. The molecule has 2 heterocycles. The number of nitrogens with one attached hydrogen (secondary N) is 6. The lowest BCUT2D eigenvalue weighted by Gasteiger charge is -2.35. The molecule has 2 aliphatic carbocycles. The van der Waals surface area contributed by atoms with Gasteiger partial charge in [0.15, 0.2) is 0 Å². The maximum Gasteiger partial charge on any atom is 0.314 e. The second-order valence-electron chi connectivity index (χ2n) is 21.0. The van der Waals surface area contributed by atoms with Gasteiger partial charge in [0, 0.05) is 70.5 Å². The number of piperidine rings is 2. The molecule has 20 nitrogen and oxygen atoms in total. The molecule has 0 saturated carbocycles. The standard InChI is InChI=1S/C58H78Cl4N8O12S2/c59-41-35-49-47(51(61)37-41)39-53(69-23-5-1-6-24-69)55(49)81-43-9-13-45(14-10-43)83(73,74)67-21-29-79-33-31-77-27-19-65-57(71)63-17-3-4-18-64-58(72)66-20-28-78-32-34-80-30-22-68-84(75,76)46-15-11-44(12-16-46)82-56-50-36-42(60)38-52(62)48(50)40-54(56)70-25-7-2-8-26-70/h9-16,35-38,53-56,67-68H,1-8,17-34,39-40H2,(H2,63,65,71)(H2,64,66,72)/t53-,54?,55-,56-/m0/s1. The highest BCUT2D eigenvalue weighted by atomic mass is 35.5. The molecular formula is C58H78Cl4N8O12S2. The maximum absolute atomic E-state index is 13.0. The summed E-state index contributed by atoms with van der Waals surface area (Å²) in [6, 6.07) is 19.7. The summed E-state index contributed by atoms with van der Waals surface area (Å²) in [7, 11) is -7.58. The van der Waals surface area contributed by atoms with Crippen LogP contribution in [0, 0.1) is 0 Å². The van der Waals surface area contributed by atoms with E-state index < -0.39 is 20.0 Å². The number of halogens is 4. The predicted molar refractivity (Wildman–Crippen MR) is 324 cm³/mol. The van der Waals surface area contributed by atoms with Crippen molar-refractivity contribution in [2.75, 3.05) is 118 Å². The molecule has 26 heteroatoms. The normalized spacial score (nSPS) is 19.1. The molecule has 4 aromatic carbocycles. The van der Waals surface area contributed by atoms with Gasteiger partial charge in [-0.15, -0.1) is 0 Å². The fourth-order valence-electron chi connectivity index (χ4n) is 10.9. The number of likely N-dealkylation sites (tertiary alicyclic amines) is 2. The van der Waals surface area contributed by atoms with Crippen molar-refractivity contribution in [2.24, 2.45) is 0 Å². The van der Waals surface area contributed by atoms with Gasteiger partial charge >= 0.3 is 12.1 Å². The van der Waals surface area contributed by atoms with Crippen molar-refractivity contribution in [3.05, 3.63) is 115 Å². The Morgan fingerprint density at radius 1 is 0.452 bits per heavy atom. The molecule has 1 unspecified atom stereocenters. The van der Waals surface area contributed by atoms with Gasteiger partial charge in [-0.2, -0.15) is 0 Å². The van der Waals surface area contributed by atoms with Crippen molar-refractivity contribution in [3.63, 3.8) is 0 Å². The van der Waals surface area contributed by atoms with E-state index in [4.69, 9.17) is 74.8 Å². The van der Waals surface area contributed by atoms with Crippen molar-refractivity contribution < 1.29 is 54.8 Å². The molecular weight excluding hydrogens is 1210 g/mol. The van der Waals surface area contributed by atoms with Crippen molar-refractivity contribution in [2.45, 2.75) is 98.3 Å². The molecule has 4 atom stereocenters. The number of urea groups is 2. The van der Waals surface area contributed by atoms with E-state index in [9.17, 15) is 26.4 Å². The molecule has 0 bridgehead atoms. The van der Waals surface area contributed by atoms with Crippen LogP contribution in [0.15, 0.2) is 82.6 Å². The quantitative estimate of drug-likeness (QED) is 0.0248. The Morgan fingerprint density at radius 3 is 1.17 bits per heavy atom. The van der Waals surface area contributed by atoms with Gasteiger partial charge in [0.2, 0.25) is 20.0 Å². The van der Waals surface area contributed by atoms with Crippen LogP contribution in [0.25, 0.3) is 0 Å².